The quantitative estimate of drug-likeness (QED) is 0.514. The number of amides is 2. The molecule has 1 aliphatic rings. The molecule has 1 atom stereocenters. The van der Waals surface area contributed by atoms with E-state index in [0.717, 1.165) is 0 Å². The van der Waals surface area contributed by atoms with Crippen molar-refractivity contribution in [3.63, 3.8) is 0 Å². The number of nitrogens with one attached hydrogen (secondary N) is 1. The molecule has 1 heterocycles. The van der Waals surface area contributed by atoms with Crippen LogP contribution in [0.15, 0.2) is 72.8 Å². The fraction of sp³-hybridized carbons (Fsp3) is 0.200. The monoisotopic (exact) mass is 450 g/mol. The van der Waals surface area contributed by atoms with Gasteiger partial charge in [0.1, 0.15) is 17.2 Å². The molecule has 0 unspecified atom stereocenters. The van der Waals surface area contributed by atoms with Gasteiger partial charge < -0.3 is 19.7 Å². The summed E-state index contributed by atoms with van der Waals surface area (Å²) in [6, 6.07) is 21.5. The van der Waals surface area contributed by atoms with Gasteiger partial charge in [0.15, 0.2) is 0 Å². The number of hydrogen-bond donors (Lipinski definition) is 1. The maximum atomic E-state index is 12.8. The maximum Gasteiger partial charge on any atom is 0.229 e. The van der Waals surface area contributed by atoms with Crippen molar-refractivity contribution in [3.05, 3.63) is 77.8 Å². The Hall–Kier alpha value is -3.51. The van der Waals surface area contributed by atoms with Gasteiger partial charge in [-0.1, -0.05) is 23.7 Å². The number of halogens is 1. The molecular formula is C25H23ClN2O4. The molecule has 1 saturated heterocycles. The molecule has 3 aromatic carbocycles. The van der Waals surface area contributed by atoms with Gasteiger partial charge in [0.05, 0.1) is 18.2 Å². The lowest BCUT2D eigenvalue weighted by Gasteiger charge is -2.20. The zero-order valence-electron chi connectivity index (χ0n) is 17.6. The highest BCUT2D eigenvalue weighted by Gasteiger charge is 2.36. The Bertz CT molecular complexity index is 1100. The Morgan fingerprint density at radius 1 is 1.03 bits per heavy atom. The Morgan fingerprint density at radius 3 is 2.38 bits per heavy atom. The number of rotatable bonds is 7. The number of anilines is 2. The summed E-state index contributed by atoms with van der Waals surface area (Å²) >= 11 is 5.89. The van der Waals surface area contributed by atoms with Gasteiger partial charge in [0.2, 0.25) is 11.8 Å². The third-order valence-corrected chi connectivity index (χ3v) is 5.37. The van der Waals surface area contributed by atoms with Crippen molar-refractivity contribution in [1.29, 1.82) is 0 Å². The minimum Gasteiger partial charge on any atom is -0.492 e. The third-order valence-electron chi connectivity index (χ3n) is 5.12. The van der Waals surface area contributed by atoms with E-state index < -0.39 is 5.92 Å². The highest BCUT2D eigenvalue weighted by atomic mass is 35.5. The van der Waals surface area contributed by atoms with E-state index in [0.29, 0.717) is 46.8 Å². The lowest BCUT2D eigenvalue weighted by atomic mass is 10.1. The number of carbonyl (C=O) groups is 2. The SMILES string of the molecule is CCOc1ccccc1N1C[C@@H](C(=O)Nc2ccc(Oc3ccc(Cl)cc3)cc2)CC1=O. The van der Waals surface area contributed by atoms with Crippen LogP contribution in [0.1, 0.15) is 13.3 Å². The Morgan fingerprint density at radius 2 is 1.69 bits per heavy atom. The first kappa shape index (κ1) is 21.7. The van der Waals surface area contributed by atoms with Crippen LogP contribution in [0.2, 0.25) is 5.02 Å². The van der Waals surface area contributed by atoms with E-state index in [2.05, 4.69) is 5.32 Å². The van der Waals surface area contributed by atoms with E-state index in [4.69, 9.17) is 21.1 Å². The van der Waals surface area contributed by atoms with Crippen LogP contribution in [-0.4, -0.2) is 25.0 Å². The van der Waals surface area contributed by atoms with Crippen LogP contribution in [0.25, 0.3) is 0 Å². The Kier molecular flexibility index (Phi) is 6.61. The predicted molar refractivity (Wildman–Crippen MR) is 125 cm³/mol. The Balaban J connectivity index is 1.38. The van der Waals surface area contributed by atoms with Crippen molar-refractivity contribution in [2.75, 3.05) is 23.4 Å². The summed E-state index contributed by atoms with van der Waals surface area (Å²) in [6.45, 7) is 2.71. The molecule has 0 spiro atoms. The fourth-order valence-corrected chi connectivity index (χ4v) is 3.69. The first-order chi connectivity index (χ1) is 15.5. The lowest BCUT2D eigenvalue weighted by Crippen LogP contribution is -2.28. The second-order valence-corrected chi connectivity index (χ2v) is 7.81. The third kappa shape index (κ3) is 5.03. The highest BCUT2D eigenvalue weighted by Crippen LogP contribution is 2.33. The van der Waals surface area contributed by atoms with Gasteiger partial charge in [0, 0.05) is 23.7 Å². The summed E-state index contributed by atoms with van der Waals surface area (Å²) < 4.78 is 11.4. The van der Waals surface area contributed by atoms with Gasteiger partial charge in [-0.25, -0.2) is 0 Å². The standard InChI is InChI=1S/C25H23ClN2O4/c1-2-31-23-6-4-3-5-22(23)28-16-17(15-24(28)29)25(30)27-19-9-13-21(14-10-19)32-20-11-7-18(26)8-12-20/h3-14,17H,2,15-16H2,1H3,(H,27,30)/t17-/m0/s1. The minimum atomic E-state index is -0.442. The van der Waals surface area contributed by atoms with Gasteiger partial charge in [-0.05, 0) is 67.6 Å². The van der Waals surface area contributed by atoms with Crippen LogP contribution in [0, 0.1) is 5.92 Å². The second-order valence-electron chi connectivity index (χ2n) is 7.38. The van der Waals surface area contributed by atoms with E-state index in [1.165, 1.54) is 0 Å². The number of carbonyl (C=O) groups excluding carboxylic acids is 2. The fourth-order valence-electron chi connectivity index (χ4n) is 3.56. The van der Waals surface area contributed by atoms with Gasteiger partial charge in [0.25, 0.3) is 0 Å². The smallest absolute Gasteiger partial charge is 0.229 e. The molecule has 0 radical (unpaired) electrons. The number of hydrogen-bond acceptors (Lipinski definition) is 4. The molecule has 1 fully saturated rings. The second kappa shape index (κ2) is 9.75. The Labute approximate surface area is 191 Å². The van der Waals surface area contributed by atoms with Gasteiger partial charge >= 0.3 is 0 Å². The average Bonchev–Trinajstić information content (AvgIpc) is 3.19. The van der Waals surface area contributed by atoms with Crippen LogP contribution in [0.5, 0.6) is 17.2 Å². The zero-order chi connectivity index (χ0) is 22.5. The van der Waals surface area contributed by atoms with Gasteiger partial charge in [-0.2, -0.15) is 0 Å². The molecule has 1 N–H and O–H groups in total. The van der Waals surface area contributed by atoms with Gasteiger partial charge in [-0.15, -0.1) is 0 Å². The first-order valence-corrected chi connectivity index (χ1v) is 10.8. The van der Waals surface area contributed by atoms with Crippen molar-refractivity contribution in [2.24, 2.45) is 5.92 Å². The predicted octanol–water partition coefficient (Wildman–Crippen LogP) is 5.52. The number of benzene rings is 3. The van der Waals surface area contributed by atoms with E-state index in [9.17, 15) is 9.59 Å². The summed E-state index contributed by atoms with van der Waals surface area (Å²) in [5.74, 6) is 1.22. The van der Waals surface area contributed by atoms with Crippen LogP contribution in [-0.2, 0) is 9.59 Å². The summed E-state index contributed by atoms with van der Waals surface area (Å²) in [7, 11) is 0. The summed E-state index contributed by atoms with van der Waals surface area (Å²) in [6.07, 6.45) is 0.157. The van der Waals surface area contributed by atoms with Crippen LogP contribution >= 0.6 is 11.6 Å². The maximum absolute atomic E-state index is 12.8. The average molecular weight is 451 g/mol. The molecule has 0 aliphatic carbocycles. The van der Waals surface area contributed by atoms with Gasteiger partial charge in [-0.3, -0.25) is 9.59 Å². The highest BCUT2D eigenvalue weighted by molar-refractivity contribution is 6.30. The number of ether oxygens (including phenoxy) is 2. The summed E-state index contributed by atoms with van der Waals surface area (Å²) in [5, 5.41) is 3.53. The molecule has 0 bridgehead atoms. The van der Waals surface area contributed by atoms with E-state index >= 15 is 0 Å². The minimum absolute atomic E-state index is 0.0935. The molecule has 0 aromatic heterocycles. The molecule has 6 nitrogen and oxygen atoms in total. The molecule has 32 heavy (non-hydrogen) atoms. The van der Waals surface area contributed by atoms with E-state index in [1.54, 1.807) is 53.4 Å². The molecule has 1 aliphatic heterocycles. The largest absolute Gasteiger partial charge is 0.492 e. The number of nitrogens with zero attached hydrogens (tertiary/aromatic N) is 1. The van der Waals surface area contributed by atoms with Crippen molar-refractivity contribution in [2.45, 2.75) is 13.3 Å². The summed E-state index contributed by atoms with van der Waals surface area (Å²) in [5.41, 5.74) is 1.33. The zero-order valence-corrected chi connectivity index (χ0v) is 18.3. The first-order valence-electron chi connectivity index (χ1n) is 10.4. The normalized spacial score (nSPS) is 15.5. The number of para-hydroxylation sites is 2. The molecule has 3 aromatic rings. The van der Waals surface area contributed by atoms with Crippen molar-refractivity contribution >= 4 is 34.8 Å². The molecule has 7 heteroatoms. The molecule has 0 saturated carbocycles. The summed E-state index contributed by atoms with van der Waals surface area (Å²) in [4.78, 5) is 27.0. The van der Waals surface area contributed by atoms with Crippen LogP contribution in [0.3, 0.4) is 0 Å². The van der Waals surface area contributed by atoms with Crippen LogP contribution in [0.4, 0.5) is 11.4 Å². The van der Waals surface area contributed by atoms with Crippen molar-refractivity contribution < 1.29 is 19.1 Å². The molecule has 2 amide bonds. The van der Waals surface area contributed by atoms with E-state index in [-0.39, 0.29) is 18.2 Å². The van der Waals surface area contributed by atoms with E-state index in [1.807, 2.05) is 31.2 Å². The molecule has 164 valence electrons. The van der Waals surface area contributed by atoms with Crippen molar-refractivity contribution in [3.8, 4) is 17.2 Å². The lowest BCUT2D eigenvalue weighted by molar-refractivity contribution is -0.122. The van der Waals surface area contributed by atoms with Crippen LogP contribution < -0.4 is 19.7 Å². The topological polar surface area (TPSA) is 67.9 Å². The molecular weight excluding hydrogens is 428 g/mol. The molecule has 4 rings (SSSR count). The van der Waals surface area contributed by atoms with Crippen molar-refractivity contribution in [1.82, 2.24) is 0 Å².